The third kappa shape index (κ3) is 3.63. The fraction of sp³-hybridized carbons (Fsp3) is 0.455. The third-order valence-corrected chi connectivity index (χ3v) is 5.86. The van der Waals surface area contributed by atoms with Crippen molar-refractivity contribution in [1.82, 2.24) is 9.80 Å². The van der Waals surface area contributed by atoms with Crippen molar-refractivity contribution in [1.29, 1.82) is 0 Å². The van der Waals surface area contributed by atoms with Crippen LogP contribution in [-0.4, -0.2) is 53.7 Å². The Morgan fingerprint density at radius 2 is 1.82 bits per heavy atom. The lowest BCUT2D eigenvalue weighted by atomic mass is 9.98. The van der Waals surface area contributed by atoms with Crippen LogP contribution >= 0.6 is 0 Å². The number of benzene rings is 2. The van der Waals surface area contributed by atoms with Crippen molar-refractivity contribution in [2.75, 3.05) is 25.0 Å². The van der Waals surface area contributed by atoms with Crippen LogP contribution in [0.5, 0.6) is 0 Å². The Labute approximate surface area is 165 Å². The first kappa shape index (κ1) is 18.6. The molecule has 2 aliphatic heterocycles. The summed E-state index contributed by atoms with van der Waals surface area (Å²) in [5.74, 6) is 0.362. The van der Waals surface area contributed by atoms with E-state index in [2.05, 4.69) is 25.2 Å². The van der Waals surface area contributed by atoms with E-state index < -0.39 is 0 Å². The quantitative estimate of drug-likeness (QED) is 0.862. The third-order valence-electron chi connectivity index (χ3n) is 5.86. The highest BCUT2D eigenvalue weighted by molar-refractivity contribution is 5.93. The van der Waals surface area contributed by atoms with Gasteiger partial charge in [0.05, 0.1) is 6.04 Å². The summed E-state index contributed by atoms with van der Waals surface area (Å²) in [6.07, 6.45) is 1.35. The molecule has 1 unspecified atom stereocenters. The second-order valence-corrected chi connectivity index (χ2v) is 8.01. The van der Waals surface area contributed by atoms with Gasteiger partial charge < -0.3 is 15.0 Å². The number of carbonyl (C=O) groups excluding carboxylic acids is 2. The highest BCUT2D eigenvalue weighted by atomic mass is 16.6. The van der Waals surface area contributed by atoms with Gasteiger partial charge in [-0.05, 0) is 41.7 Å². The number of nitrogens with one attached hydrogen (secondary N) is 1. The lowest BCUT2D eigenvalue weighted by Crippen LogP contribution is -2.51. The van der Waals surface area contributed by atoms with Gasteiger partial charge in [0.2, 0.25) is 0 Å². The Hall–Kier alpha value is -2.76. The summed E-state index contributed by atoms with van der Waals surface area (Å²) in [6, 6.07) is 14.2. The number of hydrogen-bond acceptors (Lipinski definition) is 3. The number of hydrogen-bond donors (Lipinski definition) is 1. The molecule has 6 heteroatoms. The fourth-order valence-electron chi connectivity index (χ4n) is 4.20. The first-order valence-electron chi connectivity index (χ1n) is 10.0. The first-order valence-corrected chi connectivity index (χ1v) is 10.0. The van der Waals surface area contributed by atoms with E-state index in [1.807, 2.05) is 46.2 Å². The van der Waals surface area contributed by atoms with Gasteiger partial charge in [-0.15, -0.1) is 0 Å². The molecule has 28 heavy (non-hydrogen) atoms. The summed E-state index contributed by atoms with van der Waals surface area (Å²) in [4.78, 5) is 28.6. The van der Waals surface area contributed by atoms with Gasteiger partial charge in [0.25, 0.3) is 0 Å². The zero-order chi connectivity index (χ0) is 19.7. The van der Waals surface area contributed by atoms with Gasteiger partial charge in [-0.3, -0.25) is 4.90 Å². The second kappa shape index (κ2) is 7.70. The number of anilines is 1. The molecule has 0 aliphatic carbocycles. The van der Waals surface area contributed by atoms with Crippen LogP contribution in [0.15, 0.2) is 42.5 Å². The number of rotatable bonds is 3. The van der Waals surface area contributed by atoms with E-state index in [1.54, 1.807) is 0 Å². The van der Waals surface area contributed by atoms with E-state index in [-0.39, 0.29) is 24.2 Å². The number of piperidine rings is 1. The molecule has 2 aromatic rings. The van der Waals surface area contributed by atoms with Crippen LogP contribution in [0.25, 0.3) is 10.8 Å². The fourth-order valence-corrected chi connectivity index (χ4v) is 4.20. The van der Waals surface area contributed by atoms with E-state index in [4.69, 9.17) is 4.74 Å². The Morgan fingerprint density at radius 3 is 2.54 bits per heavy atom. The highest BCUT2D eigenvalue weighted by Gasteiger charge is 2.41. The maximum atomic E-state index is 12.7. The van der Waals surface area contributed by atoms with Crippen molar-refractivity contribution in [3.05, 3.63) is 42.5 Å². The average Bonchev–Trinajstić information content (AvgIpc) is 3.10. The molecule has 0 radical (unpaired) electrons. The normalized spacial score (nSPS) is 20.7. The summed E-state index contributed by atoms with van der Waals surface area (Å²) < 4.78 is 5.28. The van der Waals surface area contributed by atoms with E-state index in [1.165, 1.54) is 0 Å². The topological polar surface area (TPSA) is 61.9 Å². The maximum absolute atomic E-state index is 12.7. The summed E-state index contributed by atoms with van der Waals surface area (Å²) in [6.45, 7) is 5.98. The van der Waals surface area contributed by atoms with Crippen LogP contribution in [0, 0.1) is 5.92 Å². The number of urea groups is 1. The van der Waals surface area contributed by atoms with E-state index >= 15 is 0 Å². The monoisotopic (exact) mass is 381 g/mol. The van der Waals surface area contributed by atoms with Gasteiger partial charge >= 0.3 is 12.1 Å². The summed E-state index contributed by atoms with van der Waals surface area (Å²) in [5, 5.41) is 5.26. The van der Waals surface area contributed by atoms with Gasteiger partial charge in [-0.2, -0.15) is 0 Å². The molecule has 148 valence electrons. The molecule has 2 heterocycles. The van der Waals surface area contributed by atoms with Crippen LogP contribution < -0.4 is 5.32 Å². The van der Waals surface area contributed by atoms with Crippen molar-refractivity contribution in [2.45, 2.75) is 38.8 Å². The van der Waals surface area contributed by atoms with Gasteiger partial charge in [0, 0.05) is 24.8 Å². The van der Waals surface area contributed by atoms with E-state index in [0.717, 1.165) is 29.3 Å². The van der Waals surface area contributed by atoms with Gasteiger partial charge in [-0.1, -0.05) is 44.2 Å². The van der Waals surface area contributed by atoms with Gasteiger partial charge in [0.15, 0.2) is 0 Å². The Balaban J connectivity index is 1.36. The molecule has 2 saturated heterocycles. The Kier molecular flexibility index (Phi) is 5.11. The number of ether oxygens (including phenoxy) is 1. The number of nitrogens with zero attached hydrogens (tertiary/aromatic N) is 2. The molecule has 6 nitrogen and oxygen atoms in total. The molecule has 4 rings (SSSR count). The molecule has 0 aromatic heterocycles. The largest absolute Gasteiger partial charge is 0.447 e. The molecule has 0 saturated carbocycles. The van der Waals surface area contributed by atoms with Gasteiger partial charge in [-0.25, -0.2) is 9.59 Å². The maximum Gasteiger partial charge on any atom is 0.410 e. The molecule has 2 fully saturated rings. The standard InChI is InChI=1S/C22H27N3O3/c1-15(2)20-14-28-22(27)25(20)19-9-11-24(12-10-19)21(26)23-18-8-7-16-5-3-4-6-17(16)13-18/h3-8,13,15,19-20H,9-12,14H2,1-2H3,(H,23,26). The van der Waals surface area contributed by atoms with E-state index in [0.29, 0.717) is 25.6 Å². The van der Waals surface area contributed by atoms with Crippen molar-refractivity contribution < 1.29 is 14.3 Å². The van der Waals surface area contributed by atoms with Crippen molar-refractivity contribution >= 4 is 28.6 Å². The molecule has 0 spiro atoms. The van der Waals surface area contributed by atoms with Crippen molar-refractivity contribution in [2.24, 2.45) is 5.92 Å². The Morgan fingerprint density at radius 1 is 1.11 bits per heavy atom. The van der Waals surface area contributed by atoms with Crippen LogP contribution in [0.1, 0.15) is 26.7 Å². The molecule has 1 atom stereocenters. The number of likely N-dealkylation sites (tertiary alicyclic amines) is 1. The number of fused-ring (bicyclic) bond motifs is 1. The zero-order valence-corrected chi connectivity index (χ0v) is 16.4. The average molecular weight is 381 g/mol. The zero-order valence-electron chi connectivity index (χ0n) is 16.4. The van der Waals surface area contributed by atoms with Crippen molar-refractivity contribution in [3.63, 3.8) is 0 Å². The molecule has 2 aromatic carbocycles. The smallest absolute Gasteiger partial charge is 0.410 e. The molecule has 3 amide bonds. The van der Waals surface area contributed by atoms with Crippen LogP contribution in [0.4, 0.5) is 15.3 Å². The minimum atomic E-state index is -0.210. The molecule has 2 aliphatic rings. The molecular formula is C22H27N3O3. The number of cyclic esters (lactones) is 1. The predicted molar refractivity (Wildman–Crippen MR) is 109 cm³/mol. The molecular weight excluding hydrogens is 354 g/mol. The van der Waals surface area contributed by atoms with Crippen molar-refractivity contribution in [3.8, 4) is 0 Å². The van der Waals surface area contributed by atoms with E-state index in [9.17, 15) is 9.59 Å². The SMILES string of the molecule is CC(C)C1COC(=O)N1C1CCN(C(=O)Nc2ccc3ccccc3c2)CC1. The lowest BCUT2D eigenvalue weighted by molar-refractivity contribution is 0.108. The first-order chi connectivity index (χ1) is 13.5. The second-order valence-electron chi connectivity index (χ2n) is 8.01. The molecule has 0 bridgehead atoms. The lowest BCUT2D eigenvalue weighted by Gasteiger charge is -2.38. The number of amides is 3. The molecule has 1 N–H and O–H groups in total. The minimum absolute atomic E-state index is 0.0851. The predicted octanol–water partition coefficient (Wildman–Crippen LogP) is 4.31. The summed E-state index contributed by atoms with van der Waals surface area (Å²) in [5.41, 5.74) is 0.800. The Bertz CT molecular complexity index is 874. The number of carbonyl (C=O) groups is 2. The summed E-state index contributed by atoms with van der Waals surface area (Å²) in [7, 11) is 0. The summed E-state index contributed by atoms with van der Waals surface area (Å²) >= 11 is 0. The highest BCUT2D eigenvalue weighted by Crippen LogP contribution is 2.28. The van der Waals surface area contributed by atoms with Gasteiger partial charge in [0.1, 0.15) is 6.61 Å². The van der Waals surface area contributed by atoms with Crippen LogP contribution in [0.3, 0.4) is 0 Å². The minimum Gasteiger partial charge on any atom is -0.447 e. The van der Waals surface area contributed by atoms with Crippen LogP contribution in [-0.2, 0) is 4.74 Å². The van der Waals surface area contributed by atoms with Crippen LogP contribution in [0.2, 0.25) is 0 Å².